The van der Waals surface area contributed by atoms with Crippen molar-refractivity contribution in [2.45, 2.75) is 71.6 Å². The summed E-state index contributed by atoms with van der Waals surface area (Å²) in [7, 11) is 0. The van der Waals surface area contributed by atoms with Crippen LogP contribution >= 0.6 is 0 Å². The summed E-state index contributed by atoms with van der Waals surface area (Å²) < 4.78 is 16.8. The van der Waals surface area contributed by atoms with Gasteiger partial charge in [-0.05, 0) is 84.8 Å². The third-order valence-electron chi connectivity index (χ3n) is 7.13. The highest BCUT2D eigenvalue weighted by Gasteiger charge is 2.11. The maximum Gasteiger partial charge on any atom is 0.343 e. The first-order chi connectivity index (χ1) is 20.0. The second-order valence-corrected chi connectivity index (χ2v) is 10.5. The normalized spacial score (nSPS) is 11.5. The Bertz CT molecular complexity index is 1200. The van der Waals surface area contributed by atoms with Crippen LogP contribution in [0, 0.1) is 5.92 Å². The third kappa shape index (κ3) is 11.3. The summed E-state index contributed by atoms with van der Waals surface area (Å²) >= 11 is 0. The lowest BCUT2D eigenvalue weighted by Crippen LogP contribution is -2.11. The van der Waals surface area contributed by atoms with Crippen LogP contribution < -0.4 is 9.47 Å². The molecule has 5 nitrogen and oxygen atoms in total. The number of benzene rings is 3. The Kier molecular flexibility index (Phi) is 13.7. The topological polar surface area (TPSA) is 61.8 Å². The molecular weight excluding hydrogens is 512 g/mol. The third-order valence-corrected chi connectivity index (χ3v) is 7.13. The second kappa shape index (κ2) is 17.8. The number of hydrogen-bond donors (Lipinski definition) is 0. The summed E-state index contributed by atoms with van der Waals surface area (Å²) in [5.41, 5.74) is 2.90. The van der Waals surface area contributed by atoms with Crippen molar-refractivity contribution in [1.82, 2.24) is 0 Å². The van der Waals surface area contributed by atoms with Gasteiger partial charge in [-0.1, -0.05) is 82.7 Å². The van der Waals surface area contributed by atoms with E-state index < -0.39 is 5.97 Å². The Labute approximate surface area is 245 Å². The number of esters is 2. The smallest absolute Gasteiger partial charge is 0.343 e. The first kappa shape index (κ1) is 31.7. The Morgan fingerprint density at radius 1 is 0.707 bits per heavy atom. The lowest BCUT2D eigenvalue weighted by molar-refractivity contribution is 0.0447. The molecule has 0 aromatic heterocycles. The molecule has 0 aliphatic heterocycles. The average Bonchev–Trinajstić information content (AvgIpc) is 3.01. The van der Waals surface area contributed by atoms with Crippen molar-refractivity contribution >= 4 is 11.9 Å². The van der Waals surface area contributed by atoms with Crippen LogP contribution in [0.3, 0.4) is 0 Å². The standard InChI is InChI=1S/C36H44O5/c1-4-6-7-8-9-10-11-12-13-26-39-33-22-20-32(21-23-33)36(38)41-34-24-18-30(19-25-34)29-14-16-31(17-15-29)35(37)40-27-28(3)5-2/h4,14-25,28H,1,5-13,26-27H2,2-3H3/t28-/m0/s1. The molecule has 0 fully saturated rings. The number of carbonyl (C=O) groups is 2. The molecule has 5 heteroatoms. The minimum atomic E-state index is -0.419. The van der Waals surface area contributed by atoms with E-state index >= 15 is 0 Å². The van der Waals surface area contributed by atoms with Crippen LogP contribution in [0.4, 0.5) is 0 Å². The summed E-state index contributed by atoms with van der Waals surface area (Å²) in [6, 6.07) is 21.7. The van der Waals surface area contributed by atoms with Gasteiger partial charge in [0.25, 0.3) is 0 Å². The zero-order chi connectivity index (χ0) is 29.3. The fraction of sp³-hybridized carbons (Fsp3) is 0.389. The molecule has 3 aromatic rings. The van der Waals surface area contributed by atoms with E-state index in [9.17, 15) is 9.59 Å². The molecular formula is C36H44O5. The van der Waals surface area contributed by atoms with E-state index in [1.54, 1.807) is 36.4 Å². The summed E-state index contributed by atoms with van der Waals surface area (Å²) in [6.07, 6.45) is 12.6. The van der Waals surface area contributed by atoms with E-state index in [0.717, 1.165) is 36.1 Å². The van der Waals surface area contributed by atoms with Crippen molar-refractivity contribution in [2.75, 3.05) is 13.2 Å². The van der Waals surface area contributed by atoms with E-state index in [2.05, 4.69) is 20.4 Å². The highest BCUT2D eigenvalue weighted by Crippen LogP contribution is 2.24. The van der Waals surface area contributed by atoms with Gasteiger partial charge in [0, 0.05) is 0 Å². The molecule has 0 bridgehead atoms. The summed E-state index contributed by atoms with van der Waals surface area (Å²) in [5.74, 6) is 0.833. The predicted octanol–water partition coefficient (Wildman–Crippen LogP) is 9.46. The van der Waals surface area contributed by atoms with Crippen molar-refractivity contribution in [3.63, 3.8) is 0 Å². The van der Waals surface area contributed by atoms with E-state index in [1.807, 2.05) is 42.5 Å². The zero-order valence-electron chi connectivity index (χ0n) is 24.6. The highest BCUT2D eigenvalue weighted by molar-refractivity contribution is 5.91. The SMILES string of the molecule is C=CCCCCCCCCCOc1ccc(C(=O)Oc2ccc(-c3ccc(C(=O)OC[C@@H](C)CC)cc3)cc2)cc1. The van der Waals surface area contributed by atoms with Gasteiger partial charge in [0.15, 0.2) is 0 Å². The maximum absolute atomic E-state index is 12.6. The van der Waals surface area contributed by atoms with Crippen LogP contribution in [-0.4, -0.2) is 25.2 Å². The summed E-state index contributed by atoms with van der Waals surface area (Å²) in [5, 5.41) is 0. The molecule has 0 heterocycles. The number of rotatable bonds is 18. The summed E-state index contributed by atoms with van der Waals surface area (Å²) in [4.78, 5) is 24.9. The molecule has 3 aromatic carbocycles. The Balaban J connectivity index is 1.40. The molecule has 0 amide bonds. The van der Waals surface area contributed by atoms with Gasteiger partial charge in [-0.25, -0.2) is 9.59 Å². The van der Waals surface area contributed by atoms with Gasteiger partial charge in [-0.15, -0.1) is 6.58 Å². The number of carbonyl (C=O) groups excluding carboxylic acids is 2. The zero-order valence-corrected chi connectivity index (χ0v) is 24.6. The van der Waals surface area contributed by atoms with Gasteiger partial charge >= 0.3 is 11.9 Å². The van der Waals surface area contributed by atoms with Crippen LogP contribution in [0.5, 0.6) is 11.5 Å². The molecule has 0 saturated heterocycles. The highest BCUT2D eigenvalue weighted by atomic mass is 16.5. The van der Waals surface area contributed by atoms with Gasteiger partial charge in [-0.2, -0.15) is 0 Å². The summed E-state index contributed by atoms with van der Waals surface area (Å²) in [6.45, 7) is 8.99. The molecule has 218 valence electrons. The maximum atomic E-state index is 12.6. The molecule has 0 aliphatic rings. The molecule has 0 N–H and O–H groups in total. The molecule has 0 saturated carbocycles. The van der Waals surface area contributed by atoms with Crippen LogP contribution in [0.2, 0.25) is 0 Å². The monoisotopic (exact) mass is 556 g/mol. The molecule has 0 spiro atoms. The van der Waals surface area contributed by atoms with Crippen molar-refractivity contribution < 1.29 is 23.8 Å². The van der Waals surface area contributed by atoms with Crippen LogP contribution in [0.15, 0.2) is 85.5 Å². The molecule has 3 rings (SSSR count). The van der Waals surface area contributed by atoms with Gasteiger partial charge in [-0.3, -0.25) is 0 Å². The largest absolute Gasteiger partial charge is 0.494 e. The molecule has 41 heavy (non-hydrogen) atoms. The van der Waals surface area contributed by atoms with Gasteiger partial charge in [0.05, 0.1) is 24.3 Å². The lowest BCUT2D eigenvalue weighted by Gasteiger charge is -2.10. The first-order valence-electron chi connectivity index (χ1n) is 14.9. The van der Waals surface area contributed by atoms with Crippen LogP contribution in [0.1, 0.15) is 92.4 Å². The van der Waals surface area contributed by atoms with E-state index in [1.165, 1.54) is 38.5 Å². The van der Waals surface area contributed by atoms with E-state index in [4.69, 9.17) is 14.2 Å². The number of allylic oxidation sites excluding steroid dienone is 1. The van der Waals surface area contributed by atoms with Gasteiger partial charge < -0.3 is 14.2 Å². The van der Waals surface area contributed by atoms with E-state index in [0.29, 0.717) is 36.0 Å². The van der Waals surface area contributed by atoms with Crippen molar-refractivity contribution in [1.29, 1.82) is 0 Å². The number of unbranched alkanes of at least 4 members (excludes halogenated alkanes) is 7. The molecule has 1 atom stereocenters. The van der Waals surface area contributed by atoms with Gasteiger partial charge in [0.1, 0.15) is 11.5 Å². The predicted molar refractivity (Wildman–Crippen MR) is 166 cm³/mol. The second-order valence-electron chi connectivity index (χ2n) is 10.5. The Morgan fingerprint density at radius 3 is 1.83 bits per heavy atom. The van der Waals surface area contributed by atoms with Crippen molar-refractivity contribution in [3.8, 4) is 22.6 Å². The molecule has 0 unspecified atom stereocenters. The first-order valence-corrected chi connectivity index (χ1v) is 14.9. The molecule has 0 aliphatic carbocycles. The fourth-order valence-electron chi connectivity index (χ4n) is 4.25. The van der Waals surface area contributed by atoms with Crippen LogP contribution in [0.25, 0.3) is 11.1 Å². The van der Waals surface area contributed by atoms with Gasteiger partial charge in [0.2, 0.25) is 0 Å². The quantitative estimate of drug-likeness (QED) is 0.0676. The Morgan fingerprint density at radius 2 is 1.22 bits per heavy atom. The minimum absolute atomic E-state index is 0.310. The average molecular weight is 557 g/mol. The van der Waals surface area contributed by atoms with Crippen LogP contribution in [-0.2, 0) is 4.74 Å². The van der Waals surface area contributed by atoms with Crippen molar-refractivity contribution in [3.05, 3.63) is 96.6 Å². The number of ether oxygens (including phenoxy) is 3. The fourth-order valence-corrected chi connectivity index (χ4v) is 4.25. The lowest BCUT2D eigenvalue weighted by atomic mass is 10.0. The minimum Gasteiger partial charge on any atom is -0.494 e. The molecule has 0 radical (unpaired) electrons. The Hall–Kier alpha value is -3.86. The van der Waals surface area contributed by atoms with E-state index in [-0.39, 0.29) is 5.97 Å². The van der Waals surface area contributed by atoms with Crippen molar-refractivity contribution in [2.24, 2.45) is 5.92 Å². The number of hydrogen-bond acceptors (Lipinski definition) is 5.